The maximum absolute atomic E-state index is 13.1. The van der Waals surface area contributed by atoms with Gasteiger partial charge in [0.15, 0.2) is 0 Å². The van der Waals surface area contributed by atoms with Gasteiger partial charge in [0.25, 0.3) is 0 Å². The summed E-state index contributed by atoms with van der Waals surface area (Å²) in [6.07, 6.45) is 11.0. The predicted molar refractivity (Wildman–Crippen MR) is 117 cm³/mol. The molecule has 8 atom stereocenters. The predicted octanol–water partition coefficient (Wildman–Crippen LogP) is 3.69. The first-order valence-electron chi connectivity index (χ1n) is 12.4. The molecule has 0 radical (unpaired) electrons. The van der Waals surface area contributed by atoms with Gasteiger partial charge in [0.2, 0.25) is 0 Å². The minimum Gasteiger partial charge on any atom is -0.480 e. The first kappa shape index (κ1) is 22.3. The monoisotopic (exact) mass is 419 g/mol. The second-order valence-electron chi connectivity index (χ2n) is 10.4. The van der Waals surface area contributed by atoms with E-state index in [1.807, 2.05) is 6.08 Å². The lowest BCUT2D eigenvalue weighted by molar-refractivity contribution is -0.194. The van der Waals surface area contributed by atoms with Crippen molar-refractivity contribution >= 4 is 5.97 Å². The van der Waals surface area contributed by atoms with Gasteiger partial charge >= 0.3 is 5.97 Å². The Morgan fingerprint density at radius 3 is 2.33 bits per heavy atom. The van der Waals surface area contributed by atoms with Crippen molar-refractivity contribution in [2.75, 3.05) is 6.61 Å². The summed E-state index contributed by atoms with van der Waals surface area (Å²) in [6.45, 7) is 6.73. The molecule has 2 aliphatic carbocycles. The molecule has 2 aliphatic heterocycles. The van der Waals surface area contributed by atoms with E-state index in [4.69, 9.17) is 0 Å². The van der Waals surface area contributed by atoms with Gasteiger partial charge in [-0.05, 0) is 61.7 Å². The molecule has 4 unspecified atom stereocenters. The number of nitrogens with zero attached hydrogens (tertiary/aromatic N) is 1. The minimum atomic E-state index is -0.773. The fourth-order valence-corrected chi connectivity index (χ4v) is 8.71. The normalized spacial score (nSPS) is 48.5. The quantitative estimate of drug-likeness (QED) is 0.548. The van der Waals surface area contributed by atoms with Crippen LogP contribution in [0.3, 0.4) is 0 Å². The molecule has 30 heavy (non-hydrogen) atoms. The lowest BCUT2D eigenvalue weighted by Crippen LogP contribution is -2.71. The number of rotatable bonds is 7. The Morgan fingerprint density at radius 2 is 1.77 bits per heavy atom. The Kier molecular flexibility index (Phi) is 6.36. The van der Waals surface area contributed by atoms with Gasteiger partial charge in [-0.15, -0.1) is 0 Å². The van der Waals surface area contributed by atoms with Crippen molar-refractivity contribution in [3.63, 3.8) is 0 Å². The van der Waals surface area contributed by atoms with E-state index in [9.17, 15) is 20.1 Å². The molecule has 170 valence electrons. The zero-order valence-corrected chi connectivity index (χ0v) is 18.9. The van der Waals surface area contributed by atoms with Crippen LogP contribution in [-0.2, 0) is 4.79 Å². The van der Waals surface area contributed by atoms with Gasteiger partial charge < -0.3 is 15.3 Å². The number of aliphatic hydroxyl groups excluding tert-OH is 2. The fraction of sp³-hybridized carbons (Fsp3) is 0.880. The van der Waals surface area contributed by atoms with Crippen molar-refractivity contribution in [2.45, 2.75) is 95.9 Å². The van der Waals surface area contributed by atoms with E-state index in [0.717, 1.165) is 44.9 Å². The van der Waals surface area contributed by atoms with Crippen LogP contribution in [0.15, 0.2) is 12.2 Å². The highest BCUT2D eigenvalue weighted by Gasteiger charge is 2.68. The molecular formula is C25H41NO4. The van der Waals surface area contributed by atoms with Crippen molar-refractivity contribution in [2.24, 2.45) is 35.5 Å². The van der Waals surface area contributed by atoms with E-state index < -0.39 is 17.6 Å². The summed E-state index contributed by atoms with van der Waals surface area (Å²) in [4.78, 5) is 15.6. The summed E-state index contributed by atoms with van der Waals surface area (Å²) in [5.41, 5.74) is -0.773. The lowest BCUT2D eigenvalue weighted by Gasteiger charge is -2.63. The fourth-order valence-electron chi connectivity index (χ4n) is 8.71. The van der Waals surface area contributed by atoms with Crippen LogP contribution in [0.4, 0.5) is 0 Å². The van der Waals surface area contributed by atoms with E-state index in [-0.39, 0.29) is 24.5 Å². The highest BCUT2D eigenvalue weighted by molar-refractivity contribution is 5.80. The molecule has 0 aromatic heterocycles. The number of carbonyl (C=O) groups is 1. The molecule has 4 fully saturated rings. The van der Waals surface area contributed by atoms with Crippen molar-refractivity contribution in [3.05, 3.63) is 12.2 Å². The Labute approximate surface area is 181 Å². The van der Waals surface area contributed by atoms with E-state index in [1.165, 1.54) is 0 Å². The first-order valence-corrected chi connectivity index (χ1v) is 12.4. The zero-order chi connectivity index (χ0) is 21.6. The number of piperidine rings is 1. The maximum Gasteiger partial charge on any atom is 0.324 e. The van der Waals surface area contributed by atoms with Crippen molar-refractivity contribution in [1.82, 2.24) is 4.90 Å². The van der Waals surface area contributed by atoms with Crippen LogP contribution >= 0.6 is 0 Å². The highest BCUT2D eigenvalue weighted by atomic mass is 16.4. The largest absolute Gasteiger partial charge is 0.480 e. The van der Waals surface area contributed by atoms with E-state index in [2.05, 4.69) is 25.7 Å². The molecule has 0 aromatic carbocycles. The first-order chi connectivity index (χ1) is 14.5. The van der Waals surface area contributed by atoms with E-state index in [0.29, 0.717) is 36.1 Å². The van der Waals surface area contributed by atoms with Crippen LogP contribution in [0, 0.1) is 35.5 Å². The Hall–Kier alpha value is -0.910. The molecule has 0 spiro atoms. The van der Waals surface area contributed by atoms with Crippen LogP contribution in [0.2, 0.25) is 0 Å². The van der Waals surface area contributed by atoms with Crippen LogP contribution in [0.1, 0.15) is 72.1 Å². The molecule has 0 bridgehead atoms. The third kappa shape index (κ3) is 3.02. The van der Waals surface area contributed by atoms with Crippen molar-refractivity contribution in [3.8, 4) is 0 Å². The van der Waals surface area contributed by atoms with Gasteiger partial charge in [-0.1, -0.05) is 52.2 Å². The molecule has 2 saturated heterocycles. The standard InChI is InChI=1S/C25H41NO4/c1-4-16-17(5-2)23(18(16)6-3)25(24(29)30)11-7-9-15-13-20-19(10-8-12-27)22(28)14-21(20)26(15)25/h8,10,15-23,27-28H,4-7,9,11-14H2,1-3H3,(H,29,30)/t15?,16?,17?,18?,19-,20-,21-,22-,23?,25?/m1/s1. The highest BCUT2D eigenvalue weighted by Crippen LogP contribution is 2.62. The molecule has 0 aromatic rings. The molecule has 2 saturated carbocycles. The summed E-state index contributed by atoms with van der Waals surface area (Å²) >= 11 is 0. The van der Waals surface area contributed by atoms with Crippen molar-refractivity contribution in [1.29, 1.82) is 0 Å². The smallest absolute Gasteiger partial charge is 0.324 e. The van der Waals surface area contributed by atoms with Crippen LogP contribution in [-0.4, -0.2) is 56.5 Å². The second-order valence-corrected chi connectivity index (χ2v) is 10.4. The Bertz CT molecular complexity index is 654. The number of carboxylic acid groups (broad SMARTS) is 1. The van der Waals surface area contributed by atoms with Crippen molar-refractivity contribution < 1.29 is 20.1 Å². The second kappa shape index (κ2) is 8.55. The molecular weight excluding hydrogens is 378 g/mol. The molecule has 4 rings (SSSR count). The van der Waals surface area contributed by atoms with Gasteiger partial charge in [0.05, 0.1) is 12.7 Å². The summed E-state index contributed by atoms with van der Waals surface area (Å²) < 4.78 is 0. The number of aliphatic carboxylic acids is 1. The Morgan fingerprint density at radius 1 is 1.10 bits per heavy atom. The van der Waals surface area contributed by atoms with Crippen LogP contribution in [0.25, 0.3) is 0 Å². The lowest BCUT2D eigenvalue weighted by atomic mass is 9.47. The molecule has 2 heterocycles. The van der Waals surface area contributed by atoms with Crippen LogP contribution < -0.4 is 0 Å². The third-order valence-corrected chi connectivity index (χ3v) is 9.59. The van der Waals surface area contributed by atoms with Gasteiger partial charge in [-0.25, -0.2) is 0 Å². The molecule has 0 amide bonds. The van der Waals surface area contributed by atoms with E-state index in [1.54, 1.807) is 6.08 Å². The SMILES string of the molecule is CCC1C(CC)C(C2(C(=O)O)CCCC3C[C@@H]4[C@@H](C=CCO)[C@H](O)C[C@H]4N32)C1CC. The van der Waals surface area contributed by atoms with Gasteiger partial charge in [0.1, 0.15) is 5.54 Å². The van der Waals surface area contributed by atoms with Gasteiger partial charge in [-0.3, -0.25) is 9.69 Å². The molecule has 3 N–H and O–H groups in total. The Balaban J connectivity index is 1.73. The number of fused-ring (bicyclic) bond motifs is 3. The van der Waals surface area contributed by atoms with Crippen LogP contribution in [0.5, 0.6) is 0 Å². The molecule has 5 heteroatoms. The molecule has 5 nitrogen and oxygen atoms in total. The number of carboxylic acids is 1. The summed E-state index contributed by atoms with van der Waals surface area (Å²) in [7, 11) is 0. The van der Waals surface area contributed by atoms with Gasteiger partial charge in [0, 0.05) is 18.0 Å². The zero-order valence-electron chi connectivity index (χ0n) is 18.9. The molecule has 4 aliphatic rings. The number of aliphatic hydroxyl groups is 2. The third-order valence-electron chi connectivity index (χ3n) is 9.59. The summed E-state index contributed by atoms with van der Waals surface area (Å²) in [6, 6.07) is 0.462. The number of hydrogen-bond acceptors (Lipinski definition) is 4. The summed E-state index contributed by atoms with van der Waals surface area (Å²) in [5, 5.41) is 30.8. The average molecular weight is 420 g/mol. The minimum absolute atomic E-state index is 0.0103. The number of hydrogen-bond donors (Lipinski definition) is 3. The van der Waals surface area contributed by atoms with Gasteiger partial charge in [-0.2, -0.15) is 0 Å². The topological polar surface area (TPSA) is 81.0 Å². The summed E-state index contributed by atoms with van der Waals surface area (Å²) in [5.74, 6) is 1.57. The average Bonchev–Trinajstić information content (AvgIpc) is 3.21. The van der Waals surface area contributed by atoms with E-state index >= 15 is 0 Å². The maximum atomic E-state index is 13.1.